The Labute approximate surface area is 119 Å². The lowest BCUT2D eigenvalue weighted by molar-refractivity contribution is 0.293. The summed E-state index contributed by atoms with van der Waals surface area (Å²) in [6.07, 6.45) is 1.07. The predicted octanol–water partition coefficient (Wildman–Crippen LogP) is 3.49. The fourth-order valence-corrected chi connectivity index (χ4v) is 1.77. The largest absolute Gasteiger partial charge is 0.497 e. The van der Waals surface area contributed by atoms with Crippen molar-refractivity contribution in [2.24, 2.45) is 0 Å². The number of anilines is 1. The van der Waals surface area contributed by atoms with E-state index in [1.165, 1.54) is 0 Å². The smallest absolute Gasteiger partial charge is 0.215 e. The lowest BCUT2D eigenvalue weighted by atomic mass is 10.2. The fraction of sp³-hybridized carbons (Fsp3) is 0.312. The highest BCUT2D eigenvalue weighted by molar-refractivity contribution is 5.37. The summed E-state index contributed by atoms with van der Waals surface area (Å²) in [5.41, 5.74) is 1.05. The average Bonchev–Trinajstić information content (AvgIpc) is 2.51. The summed E-state index contributed by atoms with van der Waals surface area (Å²) in [5.74, 6) is 2.29. The number of methoxy groups -OCH3 is 1. The molecule has 0 atom stereocenters. The molecule has 0 aliphatic rings. The minimum absolute atomic E-state index is 0.474. The van der Waals surface area contributed by atoms with Gasteiger partial charge in [0.25, 0.3) is 0 Å². The third-order valence-corrected chi connectivity index (χ3v) is 2.80. The Hall–Kier alpha value is -2.23. The van der Waals surface area contributed by atoms with Crippen molar-refractivity contribution < 1.29 is 9.47 Å². The molecule has 106 valence electrons. The second kappa shape index (κ2) is 7.38. The quantitative estimate of drug-likeness (QED) is 0.838. The van der Waals surface area contributed by atoms with Crippen molar-refractivity contribution in [3.05, 3.63) is 48.0 Å². The molecule has 0 bridgehead atoms. The van der Waals surface area contributed by atoms with E-state index in [1.807, 2.05) is 42.5 Å². The number of hydrogen-bond acceptors (Lipinski definition) is 4. The first kappa shape index (κ1) is 14.2. The van der Waals surface area contributed by atoms with Gasteiger partial charge in [-0.25, -0.2) is 0 Å². The number of hydrogen-bond donors (Lipinski definition) is 1. The molecule has 0 saturated heterocycles. The van der Waals surface area contributed by atoms with E-state index in [0.29, 0.717) is 12.5 Å². The van der Waals surface area contributed by atoms with E-state index in [1.54, 1.807) is 7.11 Å². The molecule has 0 spiro atoms. The van der Waals surface area contributed by atoms with E-state index in [2.05, 4.69) is 17.2 Å². The lowest BCUT2D eigenvalue weighted by Crippen LogP contribution is -2.03. The molecule has 2 rings (SSSR count). The van der Waals surface area contributed by atoms with Gasteiger partial charge >= 0.3 is 0 Å². The number of ether oxygens (including phenoxy) is 2. The van der Waals surface area contributed by atoms with Gasteiger partial charge in [-0.3, -0.25) is 0 Å². The number of rotatable bonds is 7. The molecule has 0 radical (unpaired) electrons. The van der Waals surface area contributed by atoms with Gasteiger partial charge in [0, 0.05) is 12.6 Å². The molecule has 20 heavy (non-hydrogen) atoms. The molecule has 0 saturated carbocycles. The van der Waals surface area contributed by atoms with Gasteiger partial charge in [-0.1, -0.05) is 25.1 Å². The van der Waals surface area contributed by atoms with E-state index in [0.717, 1.165) is 30.1 Å². The van der Waals surface area contributed by atoms with Crippen LogP contribution in [0.4, 0.5) is 5.82 Å². The number of nitrogens with zero attached hydrogens (tertiary/aromatic N) is 1. The maximum Gasteiger partial charge on any atom is 0.215 e. The van der Waals surface area contributed by atoms with Crippen LogP contribution in [0.15, 0.2) is 42.5 Å². The van der Waals surface area contributed by atoms with E-state index < -0.39 is 0 Å². The summed E-state index contributed by atoms with van der Waals surface area (Å²) in [5, 5.41) is 3.24. The van der Waals surface area contributed by atoms with Crippen LogP contribution < -0.4 is 14.8 Å². The van der Waals surface area contributed by atoms with Gasteiger partial charge in [0.15, 0.2) is 0 Å². The van der Waals surface area contributed by atoms with Crippen molar-refractivity contribution in [3.8, 4) is 11.6 Å². The van der Waals surface area contributed by atoms with Crippen LogP contribution >= 0.6 is 0 Å². The lowest BCUT2D eigenvalue weighted by Gasteiger charge is -2.09. The summed E-state index contributed by atoms with van der Waals surface area (Å²) >= 11 is 0. The molecule has 0 aliphatic carbocycles. The van der Waals surface area contributed by atoms with Gasteiger partial charge < -0.3 is 14.8 Å². The number of pyridine rings is 1. The monoisotopic (exact) mass is 272 g/mol. The zero-order valence-corrected chi connectivity index (χ0v) is 11.9. The summed E-state index contributed by atoms with van der Waals surface area (Å²) in [6.45, 7) is 3.50. The molecule has 0 aliphatic heterocycles. The van der Waals surface area contributed by atoms with Crippen LogP contribution in [0, 0.1) is 0 Å². The third-order valence-electron chi connectivity index (χ3n) is 2.80. The molecule has 1 N–H and O–H groups in total. The zero-order valence-electron chi connectivity index (χ0n) is 11.9. The topological polar surface area (TPSA) is 43.4 Å². The molecule has 4 heteroatoms. The summed E-state index contributed by atoms with van der Waals surface area (Å²) in [6, 6.07) is 13.6. The zero-order chi connectivity index (χ0) is 14.2. The Morgan fingerprint density at radius 1 is 1.15 bits per heavy atom. The maximum atomic E-state index is 5.71. The van der Waals surface area contributed by atoms with Crippen LogP contribution in [-0.2, 0) is 6.61 Å². The molecule has 1 aromatic heterocycles. The summed E-state index contributed by atoms with van der Waals surface area (Å²) in [4.78, 5) is 4.40. The second-order valence-corrected chi connectivity index (χ2v) is 4.43. The standard InChI is InChI=1S/C16H20N2O2/c1-3-10-17-15-8-5-9-16(18-15)20-12-13-6-4-7-14(11-13)19-2/h4-9,11H,3,10,12H2,1-2H3,(H,17,18). The average molecular weight is 272 g/mol. The number of aromatic nitrogens is 1. The first-order chi connectivity index (χ1) is 9.81. The highest BCUT2D eigenvalue weighted by atomic mass is 16.5. The Balaban J connectivity index is 1.95. The van der Waals surface area contributed by atoms with Crippen LogP contribution in [0.2, 0.25) is 0 Å². The fourth-order valence-electron chi connectivity index (χ4n) is 1.77. The normalized spacial score (nSPS) is 10.1. The van der Waals surface area contributed by atoms with Crippen LogP contribution in [0.5, 0.6) is 11.6 Å². The summed E-state index contributed by atoms with van der Waals surface area (Å²) < 4.78 is 10.9. The van der Waals surface area contributed by atoms with Gasteiger partial charge in [-0.2, -0.15) is 4.98 Å². The first-order valence-corrected chi connectivity index (χ1v) is 6.78. The van der Waals surface area contributed by atoms with Gasteiger partial charge in [-0.05, 0) is 30.2 Å². The molecule has 0 fully saturated rings. The molecule has 1 aromatic carbocycles. The first-order valence-electron chi connectivity index (χ1n) is 6.78. The highest BCUT2D eigenvalue weighted by Crippen LogP contribution is 2.16. The van der Waals surface area contributed by atoms with Crippen molar-refractivity contribution in [2.45, 2.75) is 20.0 Å². The molecule has 1 heterocycles. The van der Waals surface area contributed by atoms with E-state index in [9.17, 15) is 0 Å². The molecule has 0 unspecified atom stereocenters. The van der Waals surface area contributed by atoms with Crippen molar-refractivity contribution >= 4 is 5.82 Å². The SMILES string of the molecule is CCCNc1cccc(OCc2cccc(OC)c2)n1. The van der Waals surface area contributed by atoms with Crippen LogP contribution in [0.25, 0.3) is 0 Å². The van der Waals surface area contributed by atoms with E-state index in [-0.39, 0.29) is 0 Å². The molecule has 4 nitrogen and oxygen atoms in total. The minimum atomic E-state index is 0.474. The van der Waals surface area contributed by atoms with Crippen LogP contribution in [0.3, 0.4) is 0 Å². The molecular weight excluding hydrogens is 252 g/mol. The van der Waals surface area contributed by atoms with Crippen molar-refractivity contribution in [3.63, 3.8) is 0 Å². The predicted molar refractivity (Wildman–Crippen MR) is 80.3 cm³/mol. The number of benzene rings is 1. The maximum absolute atomic E-state index is 5.71. The van der Waals surface area contributed by atoms with E-state index >= 15 is 0 Å². The minimum Gasteiger partial charge on any atom is -0.497 e. The molecule has 0 amide bonds. The van der Waals surface area contributed by atoms with Crippen LogP contribution in [-0.4, -0.2) is 18.6 Å². The Bertz CT molecular complexity index is 544. The summed E-state index contributed by atoms with van der Waals surface area (Å²) in [7, 11) is 1.66. The van der Waals surface area contributed by atoms with Gasteiger partial charge in [-0.15, -0.1) is 0 Å². The van der Waals surface area contributed by atoms with Crippen LogP contribution in [0.1, 0.15) is 18.9 Å². The van der Waals surface area contributed by atoms with Crippen molar-refractivity contribution in [1.82, 2.24) is 4.98 Å². The Morgan fingerprint density at radius 3 is 2.80 bits per heavy atom. The third kappa shape index (κ3) is 4.16. The number of nitrogens with one attached hydrogen (secondary N) is 1. The molecule has 2 aromatic rings. The van der Waals surface area contributed by atoms with Gasteiger partial charge in [0.2, 0.25) is 5.88 Å². The Kier molecular flexibility index (Phi) is 5.24. The van der Waals surface area contributed by atoms with Crippen molar-refractivity contribution in [2.75, 3.05) is 19.0 Å². The second-order valence-electron chi connectivity index (χ2n) is 4.43. The Morgan fingerprint density at radius 2 is 2.00 bits per heavy atom. The van der Waals surface area contributed by atoms with E-state index in [4.69, 9.17) is 9.47 Å². The van der Waals surface area contributed by atoms with Crippen molar-refractivity contribution in [1.29, 1.82) is 0 Å². The van der Waals surface area contributed by atoms with Gasteiger partial charge in [0.1, 0.15) is 18.2 Å². The highest BCUT2D eigenvalue weighted by Gasteiger charge is 2.00. The molecular formula is C16H20N2O2. The van der Waals surface area contributed by atoms with Gasteiger partial charge in [0.05, 0.1) is 7.11 Å².